The van der Waals surface area contributed by atoms with Gasteiger partial charge in [-0.05, 0) is 6.42 Å². The highest BCUT2D eigenvalue weighted by molar-refractivity contribution is 6.08. The zero-order valence-corrected chi connectivity index (χ0v) is 13.9. The molecule has 0 unspecified atom stereocenters. The third-order valence-electron chi connectivity index (χ3n) is 4.25. The van der Waals surface area contributed by atoms with Crippen molar-refractivity contribution < 1.29 is 19.1 Å². The molecule has 0 saturated carbocycles. The molecule has 1 fully saturated rings. The van der Waals surface area contributed by atoms with Crippen LogP contribution in [0.2, 0.25) is 0 Å². The van der Waals surface area contributed by atoms with Crippen LogP contribution in [-0.4, -0.2) is 24.1 Å². The minimum Gasteiger partial charge on any atom is -0.465 e. The summed E-state index contributed by atoms with van der Waals surface area (Å²) in [4.78, 5) is 34.8. The number of cyclic esters (lactones) is 1. The lowest BCUT2D eigenvalue weighted by Gasteiger charge is -2.04. The molecule has 4 nitrogen and oxygen atoms in total. The molecule has 0 bridgehead atoms. The Morgan fingerprint density at radius 1 is 1.00 bits per heavy atom. The van der Waals surface area contributed by atoms with Gasteiger partial charge >= 0.3 is 5.97 Å². The van der Waals surface area contributed by atoms with Crippen molar-refractivity contribution in [2.24, 2.45) is 5.92 Å². The minimum absolute atomic E-state index is 0.0346. The highest BCUT2D eigenvalue weighted by Gasteiger charge is 2.33. The maximum absolute atomic E-state index is 11.8. The molecule has 1 saturated heterocycles. The third kappa shape index (κ3) is 7.71. The SMILES string of the molecule is CCCCCCCCCCCC(=O)CC(=O)[C@@H]1CCOC1=O. The van der Waals surface area contributed by atoms with E-state index in [2.05, 4.69) is 6.92 Å². The van der Waals surface area contributed by atoms with Crippen molar-refractivity contribution in [2.45, 2.75) is 84.0 Å². The van der Waals surface area contributed by atoms with E-state index in [9.17, 15) is 14.4 Å². The summed E-state index contributed by atoms with van der Waals surface area (Å²) in [5, 5.41) is 0. The molecular formula is C18H30O4. The maximum atomic E-state index is 11.8. The van der Waals surface area contributed by atoms with Crippen molar-refractivity contribution >= 4 is 17.5 Å². The molecule has 0 radical (unpaired) electrons. The Bertz CT molecular complexity index is 362. The van der Waals surface area contributed by atoms with Gasteiger partial charge in [0.15, 0.2) is 5.78 Å². The fourth-order valence-electron chi connectivity index (χ4n) is 2.83. The third-order valence-corrected chi connectivity index (χ3v) is 4.25. The monoisotopic (exact) mass is 310 g/mol. The van der Waals surface area contributed by atoms with Gasteiger partial charge in [0.05, 0.1) is 13.0 Å². The Morgan fingerprint density at radius 2 is 1.59 bits per heavy atom. The summed E-state index contributed by atoms with van der Waals surface area (Å²) in [5.74, 6) is -1.44. The van der Waals surface area contributed by atoms with Crippen LogP contribution in [0.3, 0.4) is 0 Å². The van der Waals surface area contributed by atoms with E-state index in [1.807, 2.05) is 0 Å². The minimum atomic E-state index is -0.688. The van der Waals surface area contributed by atoms with E-state index < -0.39 is 11.9 Å². The molecule has 0 spiro atoms. The van der Waals surface area contributed by atoms with Crippen molar-refractivity contribution in [1.29, 1.82) is 0 Å². The van der Waals surface area contributed by atoms with E-state index in [4.69, 9.17) is 4.74 Å². The van der Waals surface area contributed by atoms with Crippen LogP contribution in [0.5, 0.6) is 0 Å². The first kappa shape index (κ1) is 18.9. The Balaban J connectivity index is 1.97. The Labute approximate surface area is 134 Å². The number of ketones is 2. The smallest absolute Gasteiger partial charge is 0.316 e. The average Bonchev–Trinajstić information content (AvgIpc) is 2.91. The summed E-state index contributed by atoms with van der Waals surface area (Å²) in [6, 6.07) is 0. The van der Waals surface area contributed by atoms with Crippen LogP contribution in [0.15, 0.2) is 0 Å². The van der Waals surface area contributed by atoms with Gasteiger partial charge in [-0.3, -0.25) is 14.4 Å². The molecule has 4 heteroatoms. The second-order valence-corrected chi connectivity index (χ2v) is 6.27. The molecule has 1 rings (SSSR count). The molecule has 1 aliphatic heterocycles. The second kappa shape index (κ2) is 11.4. The number of hydrogen-bond acceptors (Lipinski definition) is 4. The predicted octanol–water partition coefficient (Wildman–Crippen LogP) is 4.00. The first-order valence-electron chi connectivity index (χ1n) is 8.86. The van der Waals surface area contributed by atoms with Gasteiger partial charge in [-0.15, -0.1) is 0 Å². The van der Waals surface area contributed by atoms with E-state index in [0.29, 0.717) is 19.4 Å². The van der Waals surface area contributed by atoms with Crippen molar-refractivity contribution in [2.75, 3.05) is 6.61 Å². The fraction of sp³-hybridized carbons (Fsp3) is 0.833. The lowest BCUT2D eigenvalue weighted by molar-refractivity contribution is -0.144. The summed E-state index contributed by atoms with van der Waals surface area (Å²) in [5.41, 5.74) is 0. The van der Waals surface area contributed by atoms with Gasteiger partial charge in [-0.2, -0.15) is 0 Å². The standard InChI is InChI=1S/C18H30O4/c1-2-3-4-5-6-7-8-9-10-11-15(19)14-17(20)16-12-13-22-18(16)21/h16H,2-14H2,1H3/t16-/m0/s1. The van der Waals surface area contributed by atoms with Crippen LogP contribution in [0.1, 0.15) is 84.0 Å². The van der Waals surface area contributed by atoms with Crippen LogP contribution >= 0.6 is 0 Å². The number of esters is 1. The number of Topliss-reactive ketones (excluding diaryl/α,β-unsaturated/α-hetero) is 2. The number of unbranched alkanes of at least 4 members (excludes halogenated alkanes) is 8. The number of carbonyl (C=O) groups is 3. The fourth-order valence-corrected chi connectivity index (χ4v) is 2.83. The molecule has 1 heterocycles. The molecule has 1 aliphatic rings. The van der Waals surface area contributed by atoms with Gasteiger partial charge in [0.1, 0.15) is 11.7 Å². The van der Waals surface area contributed by atoms with Crippen LogP contribution < -0.4 is 0 Å². The van der Waals surface area contributed by atoms with Crippen LogP contribution in [0.25, 0.3) is 0 Å². The van der Waals surface area contributed by atoms with E-state index in [0.717, 1.165) is 12.8 Å². The van der Waals surface area contributed by atoms with Gasteiger partial charge in [-0.1, -0.05) is 58.3 Å². The van der Waals surface area contributed by atoms with E-state index in [1.54, 1.807) is 0 Å². The molecule has 126 valence electrons. The molecule has 0 aliphatic carbocycles. The summed E-state index contributed by atoms with van der Waals surface area (Å²) < 4.78 is 4.76. The summed E-state index contributed by atoms with van der Waals surface area (Å²) in [6.45, 7) is 2.53. The molecule has 0 aromatic heterocycles. The topological polar surface area (TPSA) is 60.4 Å². The van der Waals surface area contributed by atoms with Crippen molar-refractivity contribution in [3.8, 4) is 0 Å². The molecule has 0 aromatic rings. The predicted molar refractivity (Wildman–Crippen MR) is 85.5 cm³/mol. The maximum Gasteiger partial charge on any atom is 0.316 e. The van der Waals surface area contributed by atoms with Crippen LogP contribution in [-0.2, 0) is 19.1 Å². The quantitative estimate of drug-likeness (QED) is 0.293. The molecule has 22 heavy (non-hydrogen) atoms. The molecular weight excluding hydrogens is 280 g/mol. The summed E-state index contributed by atoms with van der Waals surface area (Å²) >= 11 is 0. The first-order chi connectivity index (χ1) is 10.6. The van der Waals surface area contributed by atoms with Gasteiger partial charge in [0.25, 0.3) is 0 Å². The average molecular weight is 310 g/mol. The van der Waals surface area contributed by atoms with E-state index >= 15 is 0 Å². The van der Waals surface area contributed by atoms with Gasteiger partial charge in [-0.25, -0.2) is 0 Å². The van der Waals surface area contributed by atoms with Gasteiger partial charge in [0.2, 0.25) is 0 Å². The Hall–Kier alpha value is -1.19. The van der Waals surface area contributed by atoms with Crippen LogP contribution in [0.4, 0.5) is 0 Å². The van der Waals surface area contributed by atoms with E-state index in [-0.39, 0.29) is 18.0 Å². The largest absolute Gasteiger partial charge is 0.465 e. The van der Waals surface area contributed by atoms with Crippen LogP contribution in [0, 0.1) is 5.92 Å². The van der Waals surface area contributed by atoms with E-state index in [1.165, 1.54) is 44.9 Å². The number of rotatable bonds is 13. The summed E-state index contributed by atoms with van der Waals surface area (Å²) in [7, 11) is 0. The number of carbonyl (C=O) groups excluding carboxylic acids is 3. The van der Waals surface area contributed by atoms with Crippen molar-refractivity contribution in [3.63, 3.8) is 0 Å². The Kier molecular flexibility index (Phi) is 9.76. The van der Waals surface area contributed by atoms with Gasteiger partial charge in [0, 0.05) is 12.8 Å². The zero-order valence-electron chi connectivity index (χ0n) is 13.9. The molecule has 0 amide bonds. The lowest BCUT2D eigenvalue weighted by atomic mass is 9.96. The highest BCUT2D eigenvalue weighted by Crippen LogP contribution is 2.18. The second-order valence-electron chi connectivity index (χ2n) is 6.27. The number of ether oxygens (including phenoxy) is 1. The number of hydrogen-bond donors (Lipinski definition) is 0. The van der Waals surface area contributed by atoms with Crippen molar-refractivity contribution in [3.05, 3.63) is 0 Å². The molecule has 1 atom stereocenters. The Morgan fingerprint density at radius 3 is 2.14 bits per heavy atom. The summed E-state index contributed by atoms with van der Waals surface area (Å²) in [6.07, 6.45) is 11.7. The lowest BCUT2D eigenvalue weighted by Crippen LogP contribution is -2.22. The zero-order chi connectivity index (χ0) is 16.2. The first-order valence-corrected chi connectivity index (χ1v) is 8.86. The normalized spacial score (nSPS) is 17.5. The molecule has 0 aromatic carbocycles. The van der Waals surface area contributed by atoms with Crippen molar-refractivity contribution in [1.82, 2.24) is 0 Å². The molecule has 0 N–H and O–H groups in total. The highest BCUT2D eigenvalue weighted by atomic mass is 16.5. The van der Waals surface area contributed by atoms with Gasteiger partial charge < -0.3 is 4.74 Å².